The Morgan fingerprint density at radius 1 is 1.00 bits per heavy atom. The molecule has 0 radical (unpaired) electrons. The van der Waals surface area contributed by atoms with Crippen LogP contribution in [0.3, 0.4) is 0 Å². The zero-order chi connectivity index (χ0) is 23.1. The number of hydrogen-bond donors (Lipinski definition) is 2. The van der Waals surface area contributed by atoms with Crippen molar-refractivity contribution >= 4 is 40.9 Å². The first-order chi connectivity index (χ1) is 15.9. The molecule has 2 aliphatic heterocycles. The third kappa shape index (κ3) is 4.36. The van der Waals surface area contributed by atoms with Crippen molar-refractivity contribution in [3.05, 3.63) is 63.7 Å². The van der Waals surface area contributed by atoms with Crippen molar-refractivity contribution < 1.29 is 23.9 Å². The lowest BCUT2D eigenvalue weighted by Crippen LogP contribution is -2.36. The van der Waals surface area contributed by atoms with Crippen molar-refractivity contribution in [2.45, 2.75) is 37.8 Å². The summed E-state index contributed by atoms with van der Waals surface area (Å²) in [4.78, 5) is 51.7. The minimum atomic E-state index is -0.457. The van der Waals surface area contributed by atoms with Gasteiger partial charge in [-0.25, -0.2) is 0 Å². The SMILES string of the molecule is O=C(Nc1ccc(C(=O)NC2CC2)c(Cl)c1)c1ccc2c(c1)C(=O)N(CC1CCCO1)C2=O. The van der Waals surface area contributed by atoms with Gasteiger partial charge in [0.15, 0.2) is 0 Å². The van der Waals surface area contributed by atoms with Crippen LogP contribution in [0.25, 0.3) is 0 Å². The van der Waals surface area contributed by atoms with Gasteiger partial charge in [0.2, 0.25) is 0 Å². The number of carbonyl (C=O) groups is 4. The number of halogens is 1. The Bertz CT molecular complexity index is 1170. The minimum absolute atomic E-state index is 0.144. The van der Waals surface area contributed by atoms with Gasteiger partial charge in [-0.3, -0.25) is 24.1 Å². The van der Waals surface area contributed by atoms with Crippen molar-refractivity contribution in [1.29, 1.82) is 0 Å². The van der Waals surface area contributed by atoms with Gasteiger partial charge >= 0.3 is 0 Å². The Morgan fingerprint density at radius 2 is 1.79 bits per heavy atom. The maximum atomic E-state index is 12.8. The molecular formula is C24H22ClN3O5. The second kappa shape index (κ2) is 8.61. The largest absolute Gasteiger partial charge is 0.376 e. The second-order valence-electron chi connectivity index (χ2n) is 8.51. The van der Waals surface area contributed by atoms with Crippen LogP contribution in [0.4, 0.5) is 5.69 Å². The molecule has 2 heterocycles. The van der Waals surface area contributed by atoms with Gasteiger partial charge in [-0.2, -0.15) is 0 Å². The van der Waals surface area contributed by atoms with Crippen LogP contribution in [0.5, 0.6) is 0 Å². The molecule has 2 N–H and O–H groups in total. The zero-order valence-corrected chi connectivity index (χ0v) is 18.5. The zero-order valence-electron chi connectivity index (χ0n) is 17.7. The molecule has 1 aliphatic carbocycles. The molecule has 1 saturated carbocycles. The lowest BCUT2D eigenvalue weighted by atomic mass is 10.1. The molecule has 33 heavy (non-hydrogen) atoms. The van der Waals surface area contributed by atoms with Crippen LogP contribution in [0, 0.1) is 0 Å². The highest BCUT2D eigenvalue weighted by Crippen LogP contribution is 2.27. The normalized spacial score (nSPS) is 19.5. The Morgan fingerprint density at radius 3 is 2.48 bits per heavy atom. The number of hydrogen-bond acceptors (Lipinski definition) is 5. The first-order valence-corrected chi connectivity index (χ1v) is 11.3. The number of imide groups is 1. The number of amides is 4. The van der Waals surface area contributed by atoms with E-state index in [1.807, 2.05) is 0 Å². The van der Waals surface area contributed by atoms with E-state index in [9.17, 15) is 19.2 Å². The van der Waals surface area contributed by atoms with Gasteiger partial charge in [-0.1, -0.05) is 11.6 Å². The summed E-state index contributed by atoms with van der Waals surface area (Å²) in [5.74, 6) is -1.49. The molecule has 170 valence electrons. The molecule has 2 aromatic rings. The van der Waals surface area contributed by atoms with Crippen molar-refractivity contribution in [2.24, 2.45) is 0 Å². The molecule has 0 aromatic heterocycles. The van der Waals surface area contributed by atoms with Crippen LogP contribution in [-0.2, 0) is 4.74 Å². The van der Waals surface area contributed by atoms with E-state index in [-0.39, 0.29) is 52.2 Å². The predicted octanol–water partition coefficient (Wildman–Crippen LogP) is 3.26. The summed E-state index contributed by atoms with van der Waals surface area (Å²) in [6, 6.07) is 9.31. The molecule has 1 saturated heterocycles. The van der Waals surface area contributed by atoms with Gasteiger partial charge in [0.1, 0.15) is 0 Å². The summed E-state index contributed by atoms with van der Waals surface area (Å²) < 4.78 is 5.55. The van der Waals surface area contributed by atoms with Crippen LogP contribution in [-0.4, -0.2) is 53.8 Å². The third-order valence-electron chi connectivity index (χ3n) is 6.03. The van der Waals surface area contributed by atoms with Crippen LogP contribution in [0.15, 0.2) is 36.4 Å². The number of rotatable bonds is 6. The standard InChI is InChI=1S/C24H22ClN3O5/c25-20-11-15(6-8-18(20)22(30)26-14-4-5-14)27-21(29)13-3-7-17-19(10-13)24(32)28(23(17)31)12-16-2-1-9-33-16/h3,6-8,10-11,14,16H,1-2,4-5,9,12H2,(H,26,30)(H,27,29). The van der Waals surface area contributed by atoms with Crippen LogP contribution < -0.4 is 10.6 Å². The van der Waals surface area contributed by atoms with Crippen LogP contribution in [0.2, 0.25) is 5.02 Å². The molecule has 2 aromatic carbocycles. The Balaban J connectivity index is 1.29. The first-order valence-electron chi connectivity index (χ1n) is 10.9. The Labute approximate surface area is 195 Å². The van der Waals surface area contributed by atoms with Gasteiger partial charge in [0.05, 0.1) is 34.4 Å². The summed E-state index contributed by atoms with van der Waals surface area (Å²) in [6.45, 7) is 0.849. The molecule has 9 heteroatoms. The smallest absolute Gasteiger partial charge is 0.261 e. The monoisotopic (exact) mass is 467 g/mol. The van der Waals surface area contributed by atoms with Crippen molar-refractivity contribution in [2.75, 3.05) is 18.5 Å². The molecule has 2 fully saturated rings. The summed E-state index contributed by atoms with van der Waals surface area (Å²) in [7, 11) is 0. The lowest BCUT2D eigenvalue weighted by molar-refractivity contribution is 0.0475. The summed E-state index contributed by atoms with van der Waals surface area (Å²) in [6.07, 6.45) is 3.52. The third-order valence-corrected chi connectivity index (χ3v) is 6.34. The quantitative estimate of drug-likeness (QED) is 0.634. The Kier molecular flexibility index (Phi) is 5.64. The van der Waals surface area contributed by atoms with Crippen molar-refractivity contribution in [1.82, 2.24) is 10.2 Å². The fourth-order valence-electron chi connectivity index (χ4n) is 4.06. The topological polar surface area (TPSA) is 105 Å². The van der Waals surface area contributed by atoms with E-state index in [0.717, 1.165) is 25.7 Å². The highest BCUT2D eigenvalue weighted by Gasteiger charge is 2.38. The Hall–Kier alpha value is -3.23. The molecule has 3 aliphatic rings. The molecule has 1 unspecified atom stereocenters. The number of ether oxygens (including phenoxy) is 1. The minimum Gasteiger partial charge on any atom is -0.376 e. The number of fused-ring (bicyclic) bond motifs is 1. The van der Waals surface area contributed by atoms with Gasteiger partial charge in [-0.15, -0.1) is 0 Å². The summed E-state index contributed by atoms with van der Waals surface area (Å²) in [5, 5.41) is 5.82. The van der Waals surface area contributed by atoms with E-state index in [1.54, 1.807) is 12.1 Å². The maximum absolute atomic E-state index is 12.8. The fraction of sp³-hybridized carbons (Fsp3) is 0.333. The molecule has 0 spiro atoms. The average molecular weight is 468 g/mol. The number of nitrogens with one attached hydrogen (secondary N) is 2. The van der Waals surface area contributed by atoms with Gasteiger partial charge in [-0.05, 0) is 62.1 Å². The maximum Gasteiger partial charge on any atom is 0.261 e. The highest BCUT2D eigenvalue weighted by atomic mass is 35.5. The molecule has 0 bridgehead atoms. The molecule has 8 nitrogen and oxygen atoms in total. The molecule has 4 amide bonds. The van der Waals surface area contributed by atoms with E-state index in [4.69, 9.17) is 16.3 Å². The number of benzene rings is 2. The van der Waals surface area contributed by atoms with E-state index in [1.165, 1.54) is 29.2 Å². The van der Waals surface area contributed by atoms with Gasteiger partial charge in [0, 0.05) is 23.9 Å². The first kappa shape index (κ1) is 21.6. The molecule has 1 atom stereocenters. The second-order valence-corrected chi connectivity index (χ2v) is 8.92. The number of nitrogens with zero attached hydrogens (tertiary/aromatic N) is 1. The molecule has 5 rings (SSSR count). The van der Waals surface area contributed by atoms with E-state index < -0.39 is 11.8 Å². The van der Waals surface area contributed by atoms with Gasteiger partial charge < -0.3 is 15.4 Å². The summed E-state index contributed by atoms with van der Waals surface area (Å²) >= 11 is 6.25. The molecular weight excluding hydrogens is 446 g/mol. The average Bonchev–Trinajstić information content (AvgIpc) is 3.39. The van der Waals surface area contributed by atoms with E-state index in [2.05, 4.69) is 10.6 Å². The van der Waals surface area contributed by atoms with Crippen LogP contribution >= 0.6 is 11.6 Å². The van der Waals surface area contributed by atoms with E-state index in [0.29, 0.717) is 17.9 Å². The number of anilines is 1. The number of carbonyl (C=O) groups excluding carboxylic acids is 4. The fourth-order valence-corrected chi connectivity index (χ4v) is 4.33. The van der Waals surface area contributed by atoms with Crippen LogP contribution in [0.1, 0.15) is 67.1 Å². The van der Waals surface area contributed by atoms with E-state index >= 15 is 0 Å². The highest BCUT2D eigenvalue weighted by molar-refractivity contribution is 6.34. The summed E-state index contributed by atoms with van der Waals surface area (Å²) in [5.41, 5.74) is 1.48. The predicted molar refractivity (Wildman–Crippen MR) is 121 cm³/mol. The van der Waals surface area contributed by atoms with Crippen molar-refractivity contribution in [3.8, 4) is 0 Å². The van der Waals surface area contributed by atoms with Gasteiger partial charge in [0.25, 0.3) is 23.6 Å². The lowest BCUT2D eigenvalue weighted by Gasteiger charge is -2.17. The van der Waals surface area contributed by atoms with Crippen molar-refractivity contribution in [3.63, 3.8) is 0 Å².